The first-order valence-electron chi connectivity index (χ1n) is 9.67. The van der Waals surface area contributed by atoms with Gasteiger partial charge in [-0.2, -0.15) is 0 Å². The van der Waals surface area contributed by atoms with Gasteiger partial charge in [0.1, 0.15) is 5.66 Å². The lowest BCUT2D eigenvalue weighted by Gasteiger charge is -2.27. The van der Waals surface area contributed by atoms with Gasteiger partial charge in [-0.3, -0.25) is 4.79 Å². The molecule has 2 aromatic carbocycles. The van der Waals surface area contributed by atoms with Gasteiger partial charge in [0.25, 0.3) is 0 Å². The van der Waals surface area contributed by atoms with E-state index in [1.54, 1.807) is 6.92 Å². The number of carbonyl (C=O) groups excluding carboxylic acids is 1. The Balaban J connectivity index is 2.33. The summed E-state index contributed by atoms with van der Waals surface area (Å²) in [7, 11) is -3.27. The van der Waals surface area contributed by atoms with E-state index in [-0.39, 0.29) is 6.61 Å². The summed E-state index contributed by atoms with van der Waals surface area (Å²) >= 11 is 0. The van der Waals surface area contributed by atoms with Crippen LogP contribution in [-0.2, 0) is 23.6 Å². The largest absolute Gasteiger partial charge is 0.465 e. The maximum atomic E-state index is 14.4. The van der Waals surface area contributed by atoms with Crippen LogP contribution in [0.5, 0.6) is 0 Å². The van der Waals surface area contributed by atoms with Gasteiger partial charge in [-0.1, -0.05) is 60.7 Å². The third-order valence-corrected chi connectivity index (χ3v) is 7.87. The summed E-state index contributed by atoms with van der Waals surface area (Å²) in [4.78, 5) is 12.8. The van der Waals surface area contributed by atoms with Crippen molar-refractivity contribution in [1.29, 1.82) is 0 Å². The first-order chi connectivity index (χ1) is 13.6. The lowest BCUT2D eigenvalue weighted by atomic mass is 10.3. The highest BCUT2D eigenvalue weighted by molar-refractivity contribution is 7.80. The van der Waals surface area contributed by atoms with Crippen LogP contribution in [-0.4, -0.2) is 44.7 Å². The molecule has 0 saturated heterocycles. The Bertz CT molecular complexity index is 705. The Morgan fingerprint density at radius 1 is 0.821 bits per heavy atom. The Hall–Kier alpha value is -1.94. The van der Waals surface area contributed by atoms with E-state index in [2.05, 4.69) is 0 Å². The molecule has 5 nitrogen and oxygen atoms in total. The molecule has 6 heteroatoms. The Kier molecular flexibility index (Phi) is 9.42. The Morgan fingerprint density at radius 3 is 1.86 bits per heavy atom. The Labute approximate surface area is 167 Å². The van der Waals surface area contributed by atoms with Gasteiger partial charge in [0.2, 0.25) is 0 Å². The summed E-state index contributed by atoms with van der Waals surface area (Å²) in [5.41, 5.74) is -0.802. The number of esters is 1. The second-order valence-corrected chi connectivity index (χ2v) is 9.17. The smallest absolute Gasteiger partial charge is 0.317 e. The molecule has 0 N–H and O–H groups in total. The fourth-order valence-electron chi connectivity index (χ4n) is 3.05. The molecule has 0 saturated carbocycles. The van der Waals surface area contributed by atoms with Crippen molar-refractivity contribution in [3.05, 3.63) is 60.7 Å². The maximum absolute atomic E-state index is 14.4. The summed E-state index contributed by atoms with van der Waals surface area (Å²) < 4.78 is 30.6. The predicted octanol–water partition coefficient (Wildman–Crippen LogP) is 3.38. The van der Waals surface area contributed by atoms with Crippen LogP contribution in [0.4, 0.5) is 0 Å². The molecule has 1 atom stereocenters. The van der Waals surface area contributed by atoms with Gasteiger partial charge in [-0.15, -0.1) is 0 Å². The van der Waals surface area contributed by atoms with Gasteiger partial charge in [0.15, 0.2) is 7.14 Å². The van der Waals surface area contributed by atoms with Crippen molar-refractivity contribution >= 4 is 23.7 Å². The molecule has 0 fully saturated rings. The molecule has 152 valence electrons. The van der Waals surface area contributed by atoms with Crippen molar-refractivity contribution < 1.29 is 23.6 Å². The normalized spacial score (nSPS) is 12.5. The molecular weight excluding hydrogens is 375 g/mol. The molecule has 0 unspecified atom stereocenters. The SMILES string of the molecule is CCOCCOCC[C@@H](C(=O)OCC)P(=O)(c1ccccc1)c1ccccc1. The molecule has 0 aromatic heterocycles. The quantitative estimate of drug-likeness (QED) is 0.308. The summed E-state index contributed by atoms with van der Waals surface area (Å²) in [6.07, 6.45) is 0.312. The minimum absolute atomic E-state index is 0.240. The van der Waals surface area contributed by atoms with Crippen molar-refractivity contribution in [1.82, 2.24) is 0 Å². The van der Waals surface area contributed by atoms with Gasteiger partial charge >= 0.3 is 5.97 Å². The number of carbonyl (C=O) groups is 1. The second-order valence-electron chi connectivity index (χ2n) is 6.19. The zero-order chi connectivity index (χ0) is 20.2. The van der Waals surface area contributed by atoms with Crippen LogP contribution in [0, 0.1) is 0 Å². The van der Waals surface area contributed by atoms with Gasteiger partial charge in [0.05, 0.1) is 19.8 Å². The lowest BCUT2D eigenvalue weighted by molar-refractivity contribution is -0.143. The molecule has 0 aliphatic carbocycles. The van der Waals surface area contributed by atoms with E-state index in [4.69, 9.17) is 14.2 Å². The highest BCUT2D eigenvalue weighted by atomic mass is 31.2. The first-order valence-corrected chi connectivity index (χ1v) is 11.4. The van der Waals surface area contributed by atoms with Gasteiger partial charge in [-0.25, -0.2) is 0 Å². The van der Waals surface area contributed by atoms with E-state index >= 15 is 0 Å². The maximum Gasteiger partial charge on any atom is 0.317 e. The van der Waals surface area contributed by atoms with Gasteiger partial charge in [0, 0.05) is 23.8 Å². The zero-order valence-electron chi connectivity index (χ0n) is 16.6. The zero-order valence-corrected chi connectivity index (χ0v) is 17.5. The predicted molar refractivity (Wildman–Crippen MR) is 112 cm³/mol. The number of hydrogen-bond acceptors (Lipinski definition) is 5. The molecule has 0 heterocycles. The van der Waals surface area contributed by atoms with Gasteiger partial charge < -0.3 is 18.8 Å². The third kappa shape index (κ3) is 5.78. The van der Waals surface area contributed by atoms with Crippen molar-refractivity contribution in [3.8, 4) is 0 Å². The number of rotatable bonds is 12. The molecule has 0 bridgehead atoms. The fraction of sp³-hybridized carbons (Fsp3) is 0.409. The molecule has 0 amide bonds. The highest BCUT2D eigenvalue weighted by Gasteiger charge is 2.42. The van der Waals surface area contributed by atoms with Crippen molar-refractivity contribution in [3.63, 3.8) is 0 Å². The highest BCUT2D eigenvalue weighted by Crippen LogP contribution is 2.50. The van der Waals surface area contributed by atoms with Crippen LogP contribution in [0.25, 0.3) is 0 Å². The minimum atomic E-state index is -3.27. The van der Waals surface area contributed by atoms with Crippen LogP contribution >= 0.6 is 7.14 Å². The molecule has 0 aliphatic heterocycles. The van der Waals surface area contributed by atoms with Crippen LogP contribution < -0.4 is 10.6 Å². The van der Waals surface area contributed by atoms with E-state index in [0.717, 1.165) is 0 Å². The molecule has 2 aromatic rings. The van der Waals surface area contributed by atoms with E-state index in [1.165, 1.54) is 0 Å². The monoisotopic (exact) mass is 404 g/mol. The minimum Gasteiger partial charge on any atom is -0.465 e. The van der Waals surface area contributed by atoms with Crippen molar-refractivity contribution in [2.75, 3.05) is 33.0 Å². The summed E-state index contributed by atoms with van der Waals surface area (Å²) in [6.45, 7) is 5.78. The average Bonchev–Trinajstić information content (AvgIpc) is 2.74. The van der Waals surface area contributed by atoms with E-state index in [1.807, 2.05) is 67.6 Å². The number of ether oxygens (including phenoxy) is 3. The molecular formula is C22H29O5P. The number of benzene rings is 2. The average molecular weight is 404 g/mol. The molecule has 2 rings (SSSR count). The number of hydrogen-bond donors (Lipinski definition) is 0. The topological polar surface area (TPSA) is 61.8 Å². The van der Waals surface area contributed by atoms with E-state index in [0.29, 0.717) is 43.5 Å². The Morgan fingerprint density at radius 2 is 1.36 bits per heavy atom. The second kappa shape index (κ2) is 11.8. The van der Waals surface area contributed by atoms with Crippen molar-refractivity contribution in [2.24, 2.45) is 0 Å². The summed E-state index contributed by atoms with van der Waals surface area (Å²) in [5.74, 6) is -0.452. The van der Waals surface area contributed by atoms with Crippen LogP contribution in [0.3, 0.4) is 0 Å². The lowest BCUT2D eigenvalue weighted by Crippen LogP contribution is -2.34. The standard InChI is InChI=1S/C22H29O5P/c1-3-25-17-18-26-16-15-21(22(23)27-4-2)28(24,19-11-7-5-8-12-19)20-13-9-6-10-14-20/h5-14,21H,3-4,15-18H2,1-2H3/t21-/m0/s1. The van der Waals surface area contributed by atoms with Crippen LogP contribution in [0.1, 0.15) is 20.3 Å². The molecule has 28 heavy (non-hydrogen) atoms. The molecule has 0 radical (unpaired) electrons. The van der Waals surface area contributed by atoms with Crippen LogP contribution in [0.2, 0.25) is 0 Å². The summed E-state index contributed by atoms with van der Waals surface area (Å²) in [5, 5.41) is 1.29. The summed E-state index contributed by atoms with van der Waals surface area (Å²) in [6, 6.07) is 18.4. The van der Waals surface area contributed by atoms with Crippen LogP contribution in [0.15, 0.2) is 60.7 Å². The van der Waals surface area contributed by atoms with E-state index < -0.39 is 18.8 Å². The first kappa shape index (κ1) is 22.4. The van der Waals surface area contributed by atoms with Gasteiger partial charge in [-0.05, 0) is 20.3 Å². The fourth-order valence-corrected chi connectivity index (χ4v) is 6.14. The molecule has 0 spiro atoms. The molecule has 0 aliphatic rings. The third-order valence-electron chi connectivity index (χ3n) is 4.39. The van der Waals surface area contributed by atoms with Crippen molar-refractivity contribution in [2.45, 2.75) is 25.9 Å². The van der Waals surface area contributed by atoms with E-state index in [9.17, 15) is 9.36 Å².